The Balaban J connectivity index is 3.21. The van der Waals surface area contributed by atoms with Gasteiger partial charge in [0.2, 0.25) is 5.91 Å². The summed E-state index contributed by atoms with van der Waals surface area (Å²) in [4.78, 5) is 48.3. The van der Waals surface area contributed by atoms with Crippen LogP contribution in [0.5, 0.6) is 0 Å². The van der Waals surface area contributed by atoms with Crippen LogP contribution in [-0.2, 0) is 13.9 Å². The molecule has 0 bridgehead atoms. The average Bonchev–Trinajstić information content (AvgIpc) is 2.35. The summed E-state index contributed by atoms with van der Waals surface area (Å²) >= 11 is 0. The van der Waals surface area contributed by atoms with Gasteiger partial charge in [-0.2, -0.15) is 0 Å². The first-order valence-electron chi connectivity index (χ1n) is 6.26. The van der Waals surface area contributed by atoms with Crippen LogP contribution in [0.15, 0.2) is 30.3 Å². The molecule has 2 atom stereocenters. The second-order valence-electron chi connectivity index (χ2n) is 4.90. The number of hydrogen-bond acceptors (Lipinski definition) is 5. The van der Waals surface area contributed by atoms with E-state index in [0.717, 1.165) is 0 Å². The van der Waals surface area contributed by atoms with Gasteiger partial charge in [-0.15, -0.1) is 0 Å². The normalized spacial score (nSPS) is 15.4. The maximum Gasteiger partial charge on any atom is 0.339 e. The van der Waals surface area contributed by atoms with Crippen LogP contribution >= 0.6 is 15.2 Å². The zero-order chi connectivity index (χ0) is 17.8. The van der Waals surface area contributed by atoms with Crippen LogP contribution in [0.4, 0.5) is 0 Å². The summed E-state index contributed by atoms with van der Waals surface area (Å²) in [5.74, 6) is -1.18. The standard InChI is InChI=1S/C11H18N2O8P2/c12-11(15)9(10(14)8-4-2-1-3-5-8)13(6-22(16,17)18)7-23(19,20)21/h1-5,9-10,14H,6-7H2,(H2,12,15)(H2,16,17,18)(H2,19,20,21). The van der Waals surface area contributed by atoms with Crippen LogP contribution in [0.2, 0.25) is 0 Å². The topological polar surface area (TPSA) is 182 Å². The number of benzene rings is 1. The molecular weight excluding hydrogens is 350 g/mol. The number of carbonyl (C=O) groups is 1. The fraction of sp³-hybridized carbons (Fsp3) is 0.364. The Kier molecular flexibility index (Phi) is 6.64. The highest BCUT2D eigenvalue weighted by atomic mass is 31.2. The molecule has 0 fully saturated rings. The molecule has 23 heavy (non-hydrogen) atoms. The lowest BCUT2D eigenvalue weighted by Gasteiger charge is -2.32. The molecule has 7 N–H and O–H groups in total. The van der Waals surface area contributed by atoms with E-state index in [2.05, 4.69) is 0 Å². The number of carbonyl (C=O) groups excluding carboxylic acids is 1. The number of aliphatic hydroxyl groups excluding tert-OH is 1. The van der Waals surface area contributed by atoms with Gasteiger partial charge in [-0.1, -0.05) is 30.3 Å². The molecule has 2 unspecified atom stereocenters. The molecule has 130 valence electrons. The van der Waals surface area contributed by atoms with Crippen LogP contribution in [-0.4, -0.2) is 54.1 Å². The lowest BCUT2D eigenvalue weighted by molar-refractivity contribution is -0.126. The minimum absolute atomic E-state index is 0.206. The maximum absolute atomic E-state index is 11.6. The van der Waals surface area contributed by atoms with Crippen molar-refractivity contribution < 1.29 is 38.6 Å². The van der Waals surface area contributed by atoms with Gasteiger partial charge in [0.1, 0.15) is 24.7 Å². The van der Waals surface area contributed by atoms with Crippen LogP contribution in [0.1, 0.15) is 11.7 Å². The maximum atomic E-state index is 11.6. The molecule has 0 radical (unpaired) electrons. The van der Waals surface area contributed by atoms with Gasteiger partial charge in [0.15, 0.2) is 0 Å². The fourth-order valence-electron chi connectivity index (χ4n) is 2.06. The zero-order valence-electron chi connectivity index (χ0n) is 11.8. The summed E-state index contributed by atoms with van der Waals surface area (Å²) in [6.45, 7) is 0. The molecule has 0 aliphatic carbocycles. The van der Waals surface area contributed by atoms with Crippen molar-refractivity contribution in [3.05, 3.63) is 35.9 Å². The minimum Gasteiger partial charge on any atom is -0.386 e. The number of hydrogen-bond donors (Lipinski definition) is 6. The Morgan fingerprint density at radius 3 is 1.83 bits per heavy atom. The first-order valence-corrected chi connectivity index (χ1v) is 9.86. The SMILES string of the molecule is NC(=O)C(C(O)c1ccccc1)N(CP(=O)(O)O)CP(=O)(O)O. The molecule has 1 aromatic carbocycles. The third-order valence-electron chi connectivity index (χ3n) is 2.86. The van der Waals surface area contributed by atoms with Crippen LogP contribution < -0.4 is 5.73 Å². The molecule has 0 aromatic heterocycles. The Labute approximate surface area is 131 Å². The van der Waals surface area contributed by atoms with E-state index in [1.54, 1.807) is 18.2 Å². The number of amides is 1. The predicted molar refractivity (Wildman–Crippen MR) is 80.0 cm³/mol. The van der Waals surface area contributed by atoms with E-state index in [1.807, 2.05) is 0 Å². The summed E-state index contributed by atoms with van der Waals surface area (Å²) in [6, 6.07) is 5.89. The molecule has 10 nitrogen and oxygen atoms in total. The van der Waals surface area contributed by atoms with E-state index in [1.165, 1.54) is 12.1 Å². The van der Waals surface area contributed by atoms with Crippen molar-refractivity contribution in [3.8, 4) is 0 Å². The van der Waals surface area contributed by atoms with E-state index in [4.69, 9.17) is 25.3 Å². The zero-order valence-corrected chi connectivity index (χ0v) is 13.6. The molecule has 0 aliphatic heterocycles. The van der Waals surface area contributed by atoms with Crippen molar-refractivity contribution in [1.82, 2.24) is 4.90 Å². The van der Waals surface area contributed by atoms with E-state index in [0.29, 0.717) is 4.90 Å². The van der Waals surface area contributed by atoms with Gasteiger partial charge >= 0.3 is 15.2 Å². The van der Waals surface area contributed by atoms with Gasteiger partial charge in [-0.3, -0.25) is 18.8 Å². The quantitative estimate of drug-likeness (QED) is 0.318. The smallest absolute Gasteiger partial charge is 0.339 e. The molecule has 0 aliphatic rings. The van der Waals surface area contributed by atoms with Crippen molar-refractivity contribution in [3.63, 3.8) is 0 Å². The largest absolute Gasteiger partial charge is 0.386 e. The number of primary amides is 1. The van der Waals surface area contributed by atoms with E-state index < -0.39 is 45.8 Å². The minimum atomic E-state index is -4.77. The lowest BCUT2D eigenvalue weighted by Crippen LogP contribution is -2.49. The van der Waals surface area contributed by atoms with Crippen LogP contribution in [0.3, 0.4) is 0 Å². The van der Waals surface area contributed by atoms with Gasteiger partial charge in [0.05, 0.1) is 0 Å². The Hall–Kier alpha value is -1.09. The molecule has 0 spiro atoms. The van der Waals surface area contributed by atoms with Gasteiger partial charge < -0.3 is 30.4 Å². The van der Waals surface area contributed by atoms with Crippen molar-refractivity contribution in [2.45, 2.75) is 12.1 Å². The molecule has 1 aromatic rings. The fourth-order valence-corrected chi connectivity index (χ4v) is 3.72. The summed E-state index contributed by atoms with van der Waals surface area (Å²) in [6.07, 6.45) is -3.91. The number of aliphatic hydroxyl groups is 1. The van der Waals surface area contributed by atoms with Gasteiger partial charge in [-0.25, -0.2) is 0 Å². The van der Waals surface area contributed by atoms with Crippen LogP contribution in [0.25, 0.3) is 0 Å². The number of nitrogens with zero attached hydrogens (tertiary/aromatic N) is 1. The van der Waals surface area contributed by atoms with E-state index >= 15 is 0 Å². The first kappa shape index (κ1) is 20.0. The number of rotatable bonds is 8. The summed E-state index contributed by atoms with van der Waals surface area (Å²) in [5, 5.41) is 10.3. The van der Waals surface area contributed by atoms with Gasteiger partial charge in [0.25, 0.3) is 0 Å². The summed E-state index contributed by atoms with van der Waals surface area (Å²) < 4.78 is 22.4. The van der Waals surface area contributed by atoms with Crippen LogP contribution in [0, 0.1) is 0 Å². The van der Waals surface area contributed by atoms with Crippen molar-refractivity contribution in [2.24, 2.45) is 5.73 Å². The molecule has 1 amide bonds. The average molecular weight is 368 g/mol. The monoisotopic (exact) mass is 368 g/mol. The molecule has 0 heterocycles. The first-order chi connectivity index (χ1) is 10.4. The Morgan fingerprint density at radius 1 is 1.04 bits per heavy atom. The van der Waals surface area contributed by atoms with E-state index in [9.17, 15) is 19.0 Å². The second-order valence-corrected chi connectivity index (χ2v) is 8.13. The highest BCUT2D eigenvalue weighted by molar-refractivity contribution is 7.52. The Morgan fingerprint density at radius 2 is 1.48 bits per heavy atom. The Bertz CT molecular complexity index is 604. The molecular formula is C11H18N2O8P2. The van der Waals surface area contributed by atoms with Crippen molar-refractivity contribution in [2.75, 3.05) is 12.6 Å². The molecule has 0 saturated heterocycles. The third-order valence-corrected chi connectivity index (χ3v) is 4.32. The summed E-state index contributed by atoms with van der Waals surface area (Å²) in [5.41, 5.74) is 5.37. The molecule has 1 rings (SSSR count). The van der Waals surface area contributed by atoms with Gasteiger partial charge in [0, 0.05) is 0 Å². The van der Waals surface area contributed by atoms with Gasteiger partial charge in [-0.05, 0) is 5.56 Å². The second kappa shape index (κ2) is 7.65. The third kappa shape index (κ3) is 6.90. The highest BCUT2D eigenvalue weighted by Gasteiger charge is 2.38. The molecule has 0 saturated carbocycles. The predicted octanol–water partition coefficient (Wildman–Crippen LogP) is -0.854. The van der Waals surface area contributed by atoms with E-state index in [-0.39, 0.29) is 5.56 Å². The summed E-state index contributed by atoms with van der Waals surface area (Å²) in [7, 11) is -9.54. The number of nitrogens with two attached hydrogens (primary N) is 1. The highest BCUT2D eigenvalue weighted by Crippen LogP contribution is 2.42. The molecule has 12 heteroatoms. The van der Waals surface area contributed by atoms with Crippen molar-refractivity contribution >= 4 is 21.1 Å². The van der Waals surface area contributed by atoms with Crippen molar-refractivity contribution in [1.29, 1.82) is 0 Å². The lowest BCUT2D eigenvalue weighted by atomic mass is 10.0.